The SMILES string of the molecule is CC(C)(C)[Si](C)(C)Oc1ccc([C@@H]2[C@@H](NC[C@H](O[Si](C)(C)C(C)(C)C)c3ccc(F)cc3)C(=O)N2c2ccc(F)cc2)cc1. The van der Waals surface area contributed by atoms with Crippen LogP contribution in [-0.4, -0.2) is 35.1 Å². The van der Waals surface area contributed by atoms with Gasteiger partial charge in [-0.3, -0.25) is 4.79 Å². The fraction of sp³-hybridized carbons (Fsp3) is 0.457. The first kappa shape index (κ1) is 34.0. The minimum absolute atomic E-state index is 0.0340. The van der Waals surface area contributed by atoms with E-state index >= 15 is 0 Å². The van der Waals surface area contributed by atoms with E-state index in [1.165, 1.54) is 24.3 Å². The van der Waals surface area contributed by atoms with Crippen molar-refractivity contribution in [3.63, 3.8) is 0 Å². The summed E-state index contributed by atoms with van der Waals surface area (Å²) in [6.07, 6.45) is -0.370. The molecule has 5 nitrogen and oxygen atoms in total. The fourth-order valence-corrected chi connectivity index (χ4v) is 7.09. The molecule has 1 N–H and O–H groups in total. The second-order valence-electron chi connectivity index (χ2n) is 14.9. The van der Waals surface area contributed by atoms with Crippen LogP contribution in [0.5, 0.6) is 5.75 Å². The van der Waals surface area contributed by atoms with Gasteiger partial charge in [0, 0.05) is 12.2 Å². The predicted octanol–water partition coefficient (Wildman–Crippen LogP) is 9.16. The van der Waals surface area contributed by atoms with Crippen LogP contribution in [-0.2, 0) is 9.22 Å². The van der Waals surface area contributed by atoms with Crippen LogP contribution < -0.4 is 14.6 Å². The molecule has 3 aromatic carbocycles. The third kappa shape index (κ3) is 7.33. The van der Waals surface area contributed by atoms with Gasteiger partial charge < -0.3 is 19.1 Å². The Balaban J connectivity index is 1.63. The number of nitrogens with zero attached hydrogens (tertiary/aromatic N) is 1. The highest BCUT2D eigenvalue weighted by atomic mass is 28.4. The van der Waals surface area contributed by atoms with Crippen molar-refractivity contribution in [1.29, 1.82) is 0 Å². The minimum Gasteiger partial charge on any atom is -0.544 e. The van der Waals surface area contributed by atoms with Crippen LogP contribution in [0.3, 0.4) is 0 Å². The molecule has 0 spiro atoms. The number of hydrogen-bond donors (Lipinski definition) is 1. The maximum absolute atomic E-state index is 13.8. The van der Waals surface area contributed by atoms with Gasteiger partial charge >= 0.3 is 0 Å². The van der Waals surface area contributed by atoms with Crippen molar-refractivity contribution in [2.45, 2.75) is 96.0 Å². The molecule has 238 valence electrons. The average Bonchev–Trinajstić information content (AvgIpc) is 2.91. The molecular formula is C35H48F2N2O3Si2. The summed E-state index contributed by atoms with van der Waals surface area (Å²) in [5, 5.41) is 3.53. The average molecular weight is 639 g/mol. The zero-order valence-electron chi connectivity index (χ0n) is 27.8. The van der Waals surface area contributed by atoms with Gasteiger partial charge in [-0.15, -0.1) is 0 Å². The van der Waals surface area contributed by atoms with Crippen molar-refractivity contribution in [1.82, 2.24) is 5.32 Å². The summed E-state index contributed by atoms with van der Waals surface area (Å²) in [6.45, 7) is 22.3. The van der Waals surface area contributed by atoms with E-state index in [1.54, 1.807) is 29.2 Å². The molecule has 1 fully saturated rings. The first-order valence-corrected chi connectivity index (χ1v) is 21.2. The van der Waals surface area contributed by atoms with Crippen LogP contribution in [0.15, 0.2) is 72.8 Å². The Kier molecular flexibility index (Phi) is 9.67. The lowest BCUT2D eigenvalue weighted by Gasteiger charge is -2.48. The Labute approximate surface area is 264 Å². The maximum Gasteiger partial charge on any atom is 0.250 e. The van der Waals surface area contributed by atoms with Crippen LogP contribution in [0.1, 0.15) is 64.8 Å². The molecule has 0 aromatic heterocycles. The van der Waals surface area contributed by atoms with Crippen LogP contribution in [0, 0.1) is 11.6 Å². The van der Waals surface area contributed by atoms with E-state index in [1.807, 2.05) is 24.3 Å². The number of anilines is 1. The third-order valence-electron chi connectivity index (χ3n) is 9.61. The number of amides is 1. The number of hydrogen-bond acceptors (Lipinski definition) is 4. The molecule has 9 heteroatoms. The molecule has 1 aliphatic rings. The molecule has 0 unspecified atom stereocenters. The largest absolute Gasteiger partial charge is 0.544 e. The Bertz CT molecular complexity index is 1430. The number of β-lactam (4-membered cyclic amide) rings is 1. The molecule has 1 aliphatic heterocycles. The van der Waals surface area contributed by atoms with Gasteiger partial charge in [-0.2, -0.15) is 0 Å². The molecular weight excluding hydrogens is 591 g/mol. The Morgan fingerprint density at radius 3 is 1.77 bits per heavy atom. The Morgan fingerprint density at radius 2 is 1.27 bits per heavy atom. The van der Waals surface area contributed by atoms with Crippen LogP contribution in [0.2, 0.25) is 36.3 Å². The van der Waals surface area contributed by atoms with E-state index in [-0.39, 0.29) is 39.8 Å². The highest BCUT2D eigenvalue weighted by Crippen LogP contribution is 2.43. The molecule has 44 heavy (non-hydrogen) atoms. The highest BCUT2D eigenvalue weighted by molar-refractivity contribution is 6.75. The summed E-state index contributed by atoms with van der Waals surface area (Å²) in [4.78, 5) is 15.4. The molecule has 3 aromatic rings. The van der Waals surface area contributed by atoms with Crippen molar-refractivity contribution in [3.8, 4) is 5.75 Å². The van der Waals surface area contributed by atoms with E-state index in [0.29, 0.717) is 12.2 Å². The van der Waals surface area contributed by atoms with E-state index in [2.05, 4.69) is 73.0 Å². The van der Waals surface area contributed by atoms with Gasteiger partial charge in [0.15, 0.2) is 8.32 Å². The number of carbonyl (C=O) groups excluding carboxylic acids is 1. The zero-order chi connectivity index (χ0) is 32.7. The lowest BCUT2D eigenvalue weighted by Crippen LogP contribution is -2.65. The molecule has 4 rings (SSSR count). The van der Waals surface area contributed by atoms with E-state index in [4.69, 9.17) is 8.85 Å². The second kappa shape index (κ2) is 12.5. The summed E-state index contributed by atoms with van der Waals surface area (Å²) in [7, 11) is -4.23. The standard InChI is InChI=1S/C35H48F2N2O3Si2/c1-34(2,3)43(7,8)41-29-21-13-25(14-22-29)32-31(33(40)39(32)28-19-17-27(37)18-20-28)38-23-30(24-11-15-26(36)16-12-24)42-44(9,10)35(4,5)6/h11-22,30-32,38H,23H2,1-10H3/t30-,31+,32+/m0/s1. The second-order valence-corrected chi connectivity index (χ2v) is 24.3. The van der Waals surface area contributed by atoms with Gasteiger partial charge in [-0.25, -0.2) is 8.78 Å². The van der Waals surface area contributed by atoms with Gasteiger partial charge in [0.25, 0.3) is 0 Å². The van der Waals surface area contributed by atoms with Crippen LogP contribution in [0.25, 0.3) is 0 Å². The van der Waals surface area contributed by atoms with E-state index in [0.717, 1.165) is 16.9 Å². The molecule has 0 radical (unpaired) electrons. The molecule has 0 aliphatic carbocycles. The van der Waals surface area contributed by atoms with Crippen LogP contribution >= 0.6 is 0 Å². The summed E-state index contributed by atoms with van der Waals surface area (Å²) in [5.74, 6) is 0.0410. The lowest BCUT2D eigenvalue weighted by atomic mass is 9.87. The molecule has 3 atom stereocenters. The topological polar surface area (TPSA) is 50.8 Å². The van der Waals surface area contributed by atoms with Gasteiger partial charge in [-0.1, -0.05) is 65.8 Å². The normalized spacial score (nSPS) is 18.6. The van der Waals surface area contributed by atoms with Crippen LogP contribution in [0.4, 0.5) is 14.5 Å². The first-order chi connectivity index (χ1) is 20.3. The Morgan fingerprint density at radius 1 is 0.773 bits per heavy atom. The van der Waals surface area contributed by atoms with E-state index < -0.39 is 22.7 Å². The molecule has 1 amide bonds. The summed E-state index contributed by atoms with van der Waals surface area (Å²) in [5.41, 5.74) is 2.43. The van der Waals surface area contributed by atoms with Gasteiger partial charge in [0.1, 0.15) is 23.4 Å². The van der Waals surface area contributed by atoms with Gasteiger partial charge in [-0.05, 0) is 95.9 Å². The fourth-order valence-electron chi connectivity index (χ4n) is 4.77. The van der Waals surface area contributed by atoms with Gasteiger partial charge in [0.2, 0.25) is 14.2 Å². The smallest absolute Gasteiger partial charge is 0.250 e. The summed E-state index contributed by atoms with van der Waals surface area (Å²) >= 11 is 0. The van der Waals surface area contributed by atoms with E-state index in [9.17, 15) is 13.6 Å². The highest BCUT2D eigenvalue weighted by Gasteiger charge is 2.49. The summed E-state index contributed by atoms with van der Waals surface area (Å²) in [6, 6.07) is 19.5. The first-order valence-electron chi connectivity index (χ1n) is 15.3. The quantitative estimate of drug-likeness (QED) is 0.178. The number of benzene rings is 3. The van der Waals surface area contributed by atoms with Crippen molar-refractivity contribution >= 4 is 28.2 Å². The lowest BCUT2D eigenvalue weighted by molar-refractivity contribution is -0.127. The van der Waals surface area contributed by atoms with Crippen molar-refractivity contribution in [2.75, 3.05) is 11.4 Å². The number of rotatable bonds is 10. The predicted molar refractivity (Wildman–Crippen MR) is 180 cm³/mol. The molecule has 1 saturated heterocycles. The number of nitrogens with one attached hydrogen (secondary N) is 1. The summed E-state index contributed by atoms with van der Waals surface area (Å²) < 4.78 is 40.9. The molecule has 0 saturated carbocycles. The van der Waals surface area contributed by atoms with Crippen molar-refractivity contribution in [3.05, 3.63) is 95.6 Å². The van der Waals surface area contributed by atoms with Crippen molar-refractivity contribution < 1.29 is 22.4 Å². The van der Waals surface area contributed by atoms with Crippen molar-refractivity contribution in [2.24, 2.45) is 0 Å². The van der Waals surface area contributed by atoms with Gasteiger partial charge in [0.05, 0.1) is 12.1 Å². The minimum atomic E-state index is -2.21. The number of carbonyl (C=O) groups is 1. The molecule has 1 heterocycles. The Hall–Kier alpha value is -2.86. The number of halogens is 2. The monoisotopic (exact) mass is 638 g/mol. The third-order valence-corrected chi connectivity index (χ3v) is 18.5. The zero-order valence-corrected chi connectivity index (χ0v) is 29.8. The molecule has 0 bridgehead atoms. The maximum atomic E-state index is 13.8.